The highest BCUT2D eigenvalue weighted by Gasteiger charge is 2.31. The standard InChI is InChI=1S/C20H26N4O5S/c1-14-9-19(24(22-14)16-5-8-30(26,27)13-16)21-20(25)12-23(2)11-15-3-4-17-18(10-15)29-7-6-28-17/h3-4,9-10,16H,5-8,11-13H2,1-2H3,(H,21,25). The fourth-order valence-corrected chi connectivity index (χ4v) is 5.53. The number of benzene rings is 1. The summed E-state index contributed by atoms with van der Waals surface area (Å²) in [5.41, 5.74) is 1.76. The van der Waals surface area contributed by atoms with E-state index >= 15 is 0 Å². The Hall–Kier alpha value is -2.59. The summed E-state index contributed by atoms with van der Waals surface area (Å²) < 4.78 is 36.4. The minimum Gasteiger partial charge on any atom is -0.486 e. The van der Waals surface area contributed by atoms with Gasteiger partial charge in [0.05, 0.1) is 29.8 Å². The van der Waals surface area contributed by atoms with Gasteiger partial charge in [-0.2, -0.15) is 5.10 Å². The zero-order chi connectivity index (χ0) is 21.3. The number of nitrogens with one attached hydrogen (secondary N) is 1. The first kappa shape index (κ1) is 20.7. The SMILES string of the molecule is Cc1cc(NC(=O)CN(C)Cc2ccc3c(c2)OCCO3)n(C2CCS(=O)(=O)C2)n1. The molecule has 2 aliphatic rings. The van der Waals surface area contributed by atoms with Crippen molar-refractivity contribution >= 4 is 21.6 Å². The fourth-order valence-electron chi connectivity index (χ4n) is 3.84. The maximum atomic E-state index is 12.6. The first-order chi connectivity index (χ1) is 14.3. The third-order valence-electron chi connectivity index (χ3n) is 5.15. The van der Waals surface area contributed by atoms with Crippen molar-refractivity contribution in [1.82, 2.24) is 14.7 Å². The molecule has 1 fully saturated rings. The molecule has 1 aromatic carbocycles. The minimum atomic E-state index is -3.04. The number of likely N-dealkylation sites (N-methyl/N-ethyl adjacent to an activating group) is 1. The molecule has 1 N–H and O–H groups in total. The van der Waals surface area contributed by atoms with Crippen LogP contribution < -0.4 is 14.8 Å². The second-order valence-corrected chi connectivity index (χ2v) is 10.1. The Bertz CT molecular complexity index is 1050. The first-order valence-electron chi connectivity index (χ1n) is 9.92. The van der Waals surface area contributed by atoms with E-state index in [4.69, 9.17) is 9.47 Å². The summed E-state index contributed by atoms with van der Waals surface area (Å²) in [4.78, 5) is 14.5. The third kappa shape index (κ3) is 4.76. The van der Waals surface area contributed by atoms with Crippen LogP contribution in [0.25, 0.3) is 0 Å². The van der Waals surface area contributed by atoms with Crippen LogP contribution in [0.5, 0.6) is 11.5 Å². The van der Waals surface area contributed by atoms with Crippen molar-refractivity contribution in [3.63, 3.8) is 0 Å². The second-order valence-electron chi connectivity index (χ2n) is 7.87. The summed E-state index contributed by atoms with van der Waals surface area (Å²) in [6.45, 7) is 3.66. The molecule has 2 aromatic rings. The van der Waals surface area contributed by atoms with Gasteiger partial charge in [-0.05, 0) is 38.1 Å². The van der Waals surface area contributed by atoms with E-state index in [9.17, 15) is 13.2 Å². The molecule has 1 amide bonds. The van der Waals surface area contributed by atoms with Crippen LogP contribution in [0.2, 0.25) is 0 Å². The number of amides is 1. The van der Waals surface area contributed by atoms with E-state index in [2.05, 4.69) is 10.4 Å². The zero-order valence-electron chi connectivity index (χ0n) is 17.1. The van der Waals surface area contributed by atoms with Gasteiger partial charge in [-0.15, -0.1) is 0 Å². The van der Waals surface area contributed by atoms with Crippen LogP contribution in [0.1, 0.15) is 23.7 Å². The predicted molar refractivity (Wildman–Crippen MR) is 112 cm³/mol. The number of hydrogen-bond donors (Lipinski definition) is 1. The number of rotatable bonds is 6. The maximum absolute atomic E-state index is 12.6. The molecular weight excluding hydrogens is 408 g/mol. The Kier molecular flexibility index (Phi) is 5.70. The molecule has 1 saturated heterocycles. The quantitative estimate of drug-likeness (QED) is 0.733. The van der Waals surface area contributed by atoms with Crippen LogP contribution >= 0.6 is 0 Å². The molecule has 2 aliphatic heterocycles. The summed E-state index contributed by atoms with van der Waals surface area (Å²) in [7, 11) is -1.18. The molecule has 0 aliphatic carbocycles. The van der Waals surface area contributed by atoms with Gasteiger partial charge in [-0.1, -0.05) is 6.07 Å². The highest BCUT2D eigenvalue weighted by atomic mass is 32.2. The number of aryl methyl sites for hydroxylation is 1. The number of carbonyl (C=O) groups excluding carboxylic acids is 1. The summed E-state index contributed by atoms with van der Waals surface area (Å²) in [5.74, 6) is 2.03. The molecule has 30 heavy (non-hydrogen) atoms. The second kappa shape index (κ2) is 8.27. The van der Waals surface area contributed by atoms with E-state index < -0.39 is 9.84 Å². The lowest BCUT2D eigenvalue weighted by molar-refractivity contribution is -0.117. The Morgan fingerprint density at radius 1 is 1.27 bits per heavy atom. The van der Waals surface area contributed by atoms with E-state index in [-0.39, 0.29) is 30.0 Å². The van der Waals surface area contributed by atoms with Gasteiger partial charge >= 0.3 is 0 Å². The normalized spacial score (nSPS) is 19.8. The van der Waals surface area contributed by atoms with Gasteiger partial charge in [0.15, 0.2) is 21.3 Å². The number of fused-ring (bicyclic) bond motifs is 1. The van der Waals surface area contributed by atoms with Crippen molar-refractivity contribution in [3.05, 3.63) is 35.5 Å². The number of nitrogens with zero attached hydrogens (tertiary/aromatic N) is 3. The zero-order valence-corrected chi connectivity index (χ0v) is 17.9. The van der Waals surface area contributed by atoms with Gasteiger partial charge in [0.25, 0.3) is 0 Å². The van der Waals surface area contributed by atoms with Gasteiger partial charge in [0.1, 0.15) is 19.0 Å². The highest BCUT2D eigenvalue weighted by Crippen LogP contribution is 2.31. The predicted octanol–water partition coefficient (Wildman–Crippen LogP) is 1.39. The van der Waals surface area contributed by atoms with Gasteiger partial charge < -0.3 is 14.8 Å². The lowest BCUT2D eigenvalue weighted by atomic mass is 10.2. The van der Waals surface area contributed by atoms with Gasteiger partial charge in [0.2, 0.25) is 5.91 Å². The van der Waals surface area contributed by atoms with Crippen molar-refractivity contribution in [2.75, 3.05) is 43.6 Å². The molecule has 162 valence electrons. The lowest BCUT2D eigenvalue weighted by Gasteiger charge is -2.21. The third-order valence-corrected chi connectivity index (χ3v) is 6.90. The first-order valence-corrected chi connectivity index (χ1v) is 11.7. The summed E-state index contributed by atoms with van der Waals surface area (Å²) >= 11 is 0. The molecule has 1 aromatic heterocycles. The molecule has 1 unspecified atom stereocenters. The average molecular weight is 435 g/mol. The molecular formula is C20H26N4O5S. The van der Waals surface area contributed by atoms with Crippen LogP contribution in [-0.4, -0.2) is 67.3 Å². The molecule has 0 bridgehead atoms. The van der Waals surface area contributed by atoms with Crippen molar-refractivity contribution in [3.8, 4) is 11.5 Å². The number of ether oxygens (including phenoxy) is 2. The smallest absolute Gasteiger partial charge is 0.239 e. The van der Waals surface area contributed by atoms with Gasteiger partial charge in [-0.3, -0.25) is 9.69 Å². The van der Waals surface area contributed by atoms with Crippen molar-refractivity contribution in [2.45, 2.75) is 25.9 Å². The number of carbonyl (C=O) groups is 1. The van der Waals surface area contributed by atoms with Gasteiger partial charge in [0, 0.05) is 12.6 Å². The molecule has 0 radical (unpaired) electrons. The number of hydrogen-bond acceptors (Lipinski definition) is 7. The fraction of sp³-hybridized carbons (Fsp3) is 0.500. The Morgan fingerprint density at radius 3 is 2.77 bits per heavy atom. The molecule has 0 spiro atoms. The monoisotopic (exact) mass is 434 g/mol. The van der Waals surface area contributed by atoms with Crippen molar-refractivity contribution in [2.24, 2.45) is 0 Å². The van der Waals surface area contributed by atoms with Gasteiger partial charge in [-0.25, -0.2) is 13.1 Å². The molecule has 0 saturated carbocycles. The number of aromatic nitrogens is 2. The highest BCUT2D eigenvalue weighted by molar-refractivity contribution is 7.91. The van der Waals surface area contributed by atoms with Crippen LogP contribution in [0.3, 0.4) is 0 Å². The topological polar surface area (TPSA) is 103 Å². The molecule has 1 atom stereocenters. The van der Waals surface area contributed by atoms with Crippen LogP contribution in [0.4, 0.5) is 5.82 Å². The van der Waals surface area contributed by atoms with E-state index in [0.29, 0.717) is 32.0 Å². The van der Waals surface area contributed by atoms with E-state index in [1.807, 2.05) is 37.1 Å². The Balaban J connectivity index is 1.37. The molecule has 9 nitrogen and oxygen atoms in total. The minimum absolute atomic E-state index is 0.0566. The van der Waals surface area contributed by atoms with E-state index in [0.717, 1.165) is 22.8 Å². The van der Waals surface area contributed by atoms with Crippen LogP contribution in [0.15, 0.2) is 24.3 Å². The average Bonchev–Trinajstić information content (AvgIpc) is 3.22. The van der Waals surface area contributed by atoms with Crippen LogP contribution in [0, 0.1) is 6.92 Å². The van der Waals surface area contributed by atoms with Crippen molar-refractivity contribution < 1.29 is 22.7 Å². The maximum Gasteiger partial charge on any atom is 0.239 e. The van der Waals surface area contributed by atoms with E-state index in [1.54, 1.807) is 10.7 Å². The largest absolute Gasteiger partial charge is 0.486 e. The van der Waals surface area contributed by atoms with Crippen molar-refractivity contribution in [1.29, 1.82) is 0 Å². The Morgan fingerprint density at radius 2 is 2.03 bits per heavy atom. The number of sulfone groups is 1. The number of anilines is 1. The Labute approximate surface area is 175 Å². The lowest BCUT2D eigenvalue weighted by Crippen LogP contribution is -2.31. The molecule has 4 rings (SSSR count). The summed E-state index contributed by atoms with van der Waals surface area (Å²) in [5, 5.41) is 7.28. The summed E-state index contributed by atoms with van der Waals surface area (Å²) in [6, 6.07) is 7.30. The van der Waals surface area contributed by atoms with Crippen LogP contribution in [-0.2, 0) is 21.2 Å². The molecule has 10 heteroatoms. The summed E-state index contributed by atoms with van der Waals surface area (Å²) in [6.07, 6.45) is 0.510. The molecule has 3 heterocycles. The van der Waals surface area contributed by atoms with E-state index in [1.165, 1.54) is 0 Å².